The van der Waals surface area contributed by atoms with E-state index in [-0.39, 0.29) is 0 Å². The van der Waals surface area contributed by atoms with E-state index >= 15 is 0 Å². The van der Waals surface area contributed by atoms with Crippen molar-refractivity contribution in [1.82, 2.24) is 0 Å². The molecule has 11 heavy (non-hydrogen) atoms. The predicted octanol–water partition coefficient (Wildman–Crippen LogP) is 2.98. The Hall–Kier alpha value is 0.700. The van der Waals surface area contributed by atoms with Crippen molar-refractivity contribution in [3.05, 3.63) is 6.42 Å². The third-order valence-corrected chi connectivity index (χ3v) is 5.05. The first-order valence-electron chi connectivity index (χ1n) is 4.53. The van der Waals surface area contributed by atoms with Gasteiger partial charge in [-0.1, -0.05) is 0 Å². The van der Waals surface area contributed by atoms with Gasteiger partial charge in [0.05, 0.1) is 0 Å². The molecule has 2 rings (SSSR count). The smallest absolute Gasteiger partial charge is 0.00896 e. The minimum atomic E-state index is 0.908. The van der Waals surface area contributed by atoms with Gasteiger partial charge in [-0.3, -0.25) is 0 Å². The second kappa shape index (κ2) is 4.08. The van der Waals surface area contributed by atoms with Gasteiger partial charge in [0.25, 0.3) is 0 Å². The molecule has 0 nitrogen and oxygen atoms in total. The molecular formula is C9H15S2. The van der Waals surface area contributed by atoms with Crippen LogP contribution in [0.5, 0.6) is 0 Å². The lowest BCUT2D eigenvalue weighted by molar-refractivity contribution is 0.775. The maximum absolute atomic E-state index is 2.61. The number of rotatable bonds is 2. The maximum Gasteiger partial charge on any atom is 0.00896 e. The van der Waals surface area contributed by atoms with Gasteiger partial charge >= 0.3 is 0 Å². The highest BCUT2D eigenvalue weighted by atomic mass is 32.2. The summed E-state index contributed by atoms with van der Waals surface area (Å²) in [6, 6.07) is 0. The largest absolute Gasteiger partial charge is 0.158 e. The fourth-order valence-corrected chi connectivity index (χ4v) is 4.39. The Labute approximate surface area is 77.9 Å². The van der Waals surface area contributed by atoms with Gasteiger partial charge in [0.1, 0.15) is 0 Å². The van der Waals surface area contributed by atoms with Gasteiger partial charge in [0, 0.05) is 10.5 Å². The van der Waals surface area contributed by atoms with Crippen LogP contribution < -0.4 is 0 Å². The Kier molecular flexibility index (Phi) is 3.08. The van der Waals surface area contributed by atoms with E-state index in [0.717, 1.165) is 10.5 Å². The molecule has 63 valence electrons. The zero-order chi connectivity index (χ0) is 7.52. The van der Waals surface area contributed by atoms with Crippen LogP contribution in [-0.4, -0.2) is 22.0 Å². The predicted molar refractivity (Wildman–Crippen MR) is 55.3 cm³/mol. The van der Waals surface area contributed by atoms with Crippen LogP contribution in [0.4, 0.5) is 0 Å². The Morgan fingerprint density at radius 3 is 1.82 bits per heavy atom. The lowest BCUT2D eigenvalue weighted by Gasteiger charge is -2.12. The van der Waals surface area contributed by atoms with Crippen LogP contribution in [0.3, 0.4) is 0 Å². The van der Waals surface area contributed by atoms with E-state index in [9.17, 15) is 0 Å². The summed E-state index contributed by atoms with van der Waals surface area (Å²) in [5, 5.41) is 1.82. The number of thioether (sulfide) groups is 2. The van der Waals surface area contributed by atoms with Crippen LogP contribution >= 0.6 is 23.5 Å². The van der Waals surface area contributed by atoms with Crippen molar-refractivity contribution in [2.45, 2.75) is 36.2 Å². The summed E-state index contributed by atoms with van der Waals surface area (Å²) in [5.74, 6) is 2.80. The molecule has 0 aromatic carbocycles. The first-order chi connectivity index (χ1) is 5.45. The minimum absolute atomic E-state index is 0.908. The van der Waals surface area contributed by atoms with Gasteiger partial charge in [-0.25, -0.2) is 0 Å². The lowest BCUT2D eigenvalue weighted by Crippen LogP contribution is -2.08. The highest BCUT2D eigenvalue weighted by Gasteiger charge is 2.23. The molecule has 0 bridgehead atoms. The normalized spacial score (nSPS) is 38.2. The first-order valence-corrected chi connectivity index (χ1v) is 6.63. The van der Waals surface area contributed by atoms with Gasteiger partial charge < -0.3 is 0 Å². The van der Waals surface area contributed by atoms with Crippen LogP contribution in [0, 0.1) is 6.42 Å². The van der Waals surface area contributed by atoms with Gasteiger partial charge in [-0.15, -0.1) is 0 Å². The van der Waals surface area contributed by atoms with Crippen LogP contribution in [0.15, 0.2) is 0 Å². The van der Waals surface area contributed by atoms with Crippen LogP contribution in [0.2, 0.25) is 0 Å². The summed E-state index contributed by atoms with van der Waals surface area (Å²) in [4.78, 5) is 0. The monoisotopic (exact) mass is 187 g/mol. The SMILES string of the molecule is [CH](C1CCCS1)C1CCCS1. The van der Waals surface area contributed by atoms with E-state index in [1.54, 1.807) is 0 Å². The Bertz CT molecular complexity index is 98.7. The van der Waals surface area contributed by atoms with Gasteiger partial charge in [-0.2, -0.15) is 23.5 Å². The molecule has 0 amide bonds. The standard InChI is InChI=1S/C9H15S2/c1-3-8(10-5-1)7-9-4-2-6-11-9/h7-9H,1-6H2. The topological polar surface area (TPSA) is 0 Å². The highest BCUT2D eigenvalue weighted by molar-refractivity contribution is 8.01. The van der Waals surface area contributed by atoms with Gasteiger partial charge in [-0.05, 0) is 43.6 Å². The van der Waals surface area contributed by atoms with E-state index in [4.69, 9.17) is 0 Å². The molecule has 2 atom stereocenters. The van der Waals surface area contributed by atoms with Crippen LogP contribution in [0.1, 0.15) is 25.7 Å². The average molecular weight is 187 g/mol. The molecule has 0 N–H and O–H groups in total. The maximum atomic E-state index is 2.61. The van der Waals surface area contributed by atoms with Gasteiger partial charge in [0.2, 0.25) is 0 Å². The average Bonchev–Trinajstić information content (AvgIpc) is 2.60. The molecule has 1 radical (unpaired) electrons. The van der Waals surface area contributed by atoms with Crippen molar-refractivity contribution in [3.8, 4) is 0 Å². The zero-order valence-corrected chi connectivity index (χ0v) is 8.42. The molecule has 0 aromatic heterocycles. The Morgan fingerprint density at radius 2 is 1.45 bits per heavy atom. The zero-order valence-electron chi connectivity index (χ0n) is 6.79. The molecule has 2 fully saturated rings. The molecule has 0 aromatic rings. The minimum Gasteiger partial charge on any atom is -0.158 e. The first kappa shape index (κ1) is 8.31. The number of hydrogen-bond acceptors (Lipinski definition) is 2. The molecule has 0 spiro atoms. The Balaban J connectivity index is 1.71. The molecule has 2 aliphatic rings. The number of hydrogen-bond donors (Lipinski definition) is 0. The third kappa shape index (κ3) is 2.32. The van der Waals surface area contributed by atoms with Gasteiger partial charge in [0.15, 0.2) is 0 Å². The lowest BCUT2D eigenvalue weighted by atomic mass is 10.1. The van der Waals surface area contributed by atoms with Crippen molar-refractivity contribution in [2.75, 3.05) is 11.5 Å². The quantitative estimate of drug-likeness (QED) is 0.652. The molecule has 2 saturated heterocycles. The van der Waals surface area contributed by atoms with E-state index in [1.165, 1.54) is 37.2 Å². The van der Waals surface area contributed by atoms with Crippen LogP contribution in [0.25, 0.3) is 0 Å². The summed E-state index contributed by atoms with van der Waals surface area (Å²) in [6.45, 7) is 0. The van der Waals surface area contributed by atoms with Crippen molar-refractivity contribution < 1.29 is 0 Å². The van der Waals surface area contributed by atoms with E-state index in [0.29, 0.717) is 0 Å². The summed E-state index contributed by atoms with van der Waals surface area (Å²) in [5.41, 5.74) is 0. The Morgan fingerprint density at radius 1 is 0.909 bits per heavy atom. The molecule has 2 unspecified atom stereocenters. The summed E-state index contributed by atoms with van der Waals surface area (Å²) < 4.78 is 0. The molecule has 0 saturated carbocycles. The second-order valence-electron chi connectivity index (χ2n) is 3.30. The molecule has 0 aliphatic carbocycles. The van der Waals surface area contributed by atoms with E-state index < -0.39 is 0 Å². The summed E-state index contributed by atoms with van der Waals surface area (Å²) in [7, 11) is 0. The van der Waals surface area contributed by atoms with Crippen molar-refractivity contribution in [3.63, 3.8) is 0 Å². The van der Waals surface area contributed by atoms with E-state index in [2.05, 4.69) is 29.9 Å². The fourth-order valence-electron chi connectivity index (χ4n) is 1.75. The summed E-state index contributed by atoms with van der Waals surface area (Å²) >= 11 is 4.32. The third-order valence-electron chi connectivity index (χ3n) is 2.36. The fraction of sp³-hybridized carbons (Fsp3) is 0.889. The molecular weight excluding hydrogens is 172 g/mol. The van der Waals surface area contributed by atoms with Crippen molar-refractivity contribution >= 4 is 23.5 Å². The second-order valence-corrected chi connectivity index (χ2v) is 5.99. The highest BCUT2D eigenvalue weighted by Crippen LogP contribution is 2.36. The molecule has 2 aliphatic heterocycles. The summed E-state index contributed by atoms with van der Waals surface area (Å²) in [6.07, 6.45) is 8.39. The van der Waals surface area contributed by atoms with E-state index in [1.807, 2.05) is 0 Å². The van der Waals surface area contributed by atoms with Crippen molar-refractivity contribution in [2.24, 2.45) is 0 Å². The van der Waals surface area contributed by atoms with Crippen molar-refractivity contribution in [1.29, 1.82) is 0 Å². The van der Waals surface area contributed by atoms with Crippen LogP contribution in [-0.2, 0) is 0 Å². The molecule has 2 heteroatoms. The molecule has 2 heterocycles.